The highest BCUT2D eigenvalue weighted by Crippen LogP contribution is 2.29. The number of nitro groups is 1. The number of nitrogens with one attached hydrogen (secondary N) is 1. The highest BCUT2D eigenvalue weighted by molar-refractivity contribution is 6.05. The molecule has 0 bridgehead atoms. The number of aryl methyl sites for hydroxylation is 2. The maximum Gasteiger partial charge on any atom is 0.270 e. The molecule has 0 fully saturated rings. The van der Waals surface area contributed by atoms with Gasteiger partial charge in [-0.05, 0) is 47.1 Å². The average Bonchev–Trinajstić information content (AvgIpc) is 2.60. The van der Waals surface area contributed by atoms with Crippen LogP contribution in [0.25, 0.3) is 0 Å². The number of hydrogen-bond acceptors (Lipinski definition) is 3. The predicted octanol–water partition coefficient (Wildman–Crippen LogP) is 5.27. The largest absolute Gasteiger partial charge is 0.321 e. The molecule has 0 aliphatic rings. The SMILES string of the molecule is CCc1cc([N+](=O)[O-])cc(CC)c1NC(=O)c1ccc(C(C)(C)C)cc1. The van der Waals surface area contributed by atoms with E-state index in [2.05, 4.69) is 26.1 Å². The Bertz CT molecular complexity index is 793. The summed E-state index contributed by atoms with van der Waals surface area (Å²) in [5.74, 6) is -0.205. The number of carbonyl (C=O) groups excluding carboxylic acids is 1. The van der Waals surface area contributed by atoms with Crippen molar-refractivity contribution in [2.24, 2.45) is 0 Å². The molecular formula is C21H26N2O3. The third-order valence-electron chi connectivity index (χ3n) is 4.51. The van der Waals surface area contributed by atoms with Crippen molar-refractivity contribution in [3.63, 3.8) is 0 Å². The predicted molar refractivity (Wildman–Crippen MR) is 105 cm³/mol. The normalized spacial score (nSPS) is 11.3. The highest BCUT2D eigenvalue weighted by Gasteiger charge is 2.18. The van der Waals surface area contributed by atoms with Crippen molar-refractivity contribution in [2.75, 3.05) is 5.32 Å². The lowest BCUT2D eigenvalue weighted by Crippen LogP contribution is -2.16. The zero-order chi connectivity index (χ0) is 19.5. The van der Waals surface area contributed by atoms with Crippen molar-refractivity contribution in [3.8, 4) is 0 Å². The Morgan fingerprint density at radius 1 is 1.04 bits per heavy atom. The number of non-ortho nitro benzene ring substituents is 1. The first-order valence-corrected chi connectivity index (χ1v) is 8.89. The Morgan fingerprint density at radius 3 is 1.92 bits per heavy atom. The highest BCUT2D eigenvalue weighted by atomic mass is 16.6. The van der Waals surface area contributed by atoms with E-state index in [9.17, 15) is 14.9 Å². The second-order valence-electron chi connectivity index (χ2n) is 7.38. The van der Waals surface area contributed by atoms with E-state index in [1.165, 1.54) is 12.1 Å². The van der Waals surface area contributed by atoms with Gasteiger partial charge in [0.1, 0.15) is 0 Å². The minimum atomic E-state index is -0.394. The molecule has 0 radical (unpaired) electrons. The maximum atomic E-state index is 12.7. The summed E-state index contributed by atoms with van der Waals surface area (Å²) in [6.45, 7) is 10.2. The van der Waals surface area contributed by atoms with Gasteiger partial charge in [0.25, 0.3) is 11.6 Å². The molecule has 1 N–H and O–H groups in total. The number of carbonyl (C=O) groups is 1. The van der Waals surface area contributed by atoms with E-state index in [0.717, 1.165) is 16.7 Å². The van der Waals surface area contributed by atoms with Gasteiger partial charge in [0.15, 0.2) is 0 Å². The van der Waals surface area contributed by atoms with Crippen LogP contribution in [0, 0.1) is 10.1 Å². The molecule has 2 rings (SSSR count). The monoisotopic (exact) mass is 354 g/mol. The van der Waals surface area contributed by atoms with Crippen molar-refractivity contribution in [1.29, 1.82) is 0 Å². The van der Waals surface area contributed by atoms with Crippen LogP contribution in [0.1, 0.15) is 61.7 Å². The Labute approximate surface area is 154 Å². The van der Waals surface area contributed by atoms with Crippen molar-refractivity contribution in [1.82, 2.24) is 0 Å². The smallest absolute Gasteiger partial charge is 0.270 e. The molecule has 0 saturated heterocycles. The van der Waals surface area contributed by atoms with E-state index in [-0.39, 0.29) is 17.0 Å². The van der Waals surface area contributed by atoms with Crippen LogP contribution in [-0.2, 0) is 18.3 Å². The van der Waals surface area contributed by atoms with Gasteiger partial charge in [-0.2, -0.15) is 0 Å². The van der Waals surface area contributed by atoms with E-state index in [1.807, 2.05) is 38.1 Å². The Kier molecular flexibility index (Phi) is 5.80. The van der Waals surface area contributed by atoms with Gasteiger partial charge in [-0.15, -0.1) is 0 Å². The van der Waals surface area contributed by atoms with Gasteiger partial charge in [0.2, 0.25) is 0 Å². The van der Waals surface area contributed by atoms with Gasteiger partial charge in [-0.3, -0.25) is 14.9 Å². The van der Waals surface area contributed by atoms with Gasteiger partial charge in [0, 0.05) is 23.4 Å². The van der Waals surface area contributed by atoms with Gasteiger partial charge < -0.3 is 5.32 Å². The van der Waals surface area contributed by atoms with Gasteiger partial charge >= 0.3 is 0 Å². The first-order chi connectivity index (χ1) is 12.2. The number of benzene rings is 2. The quantitative estimate of drug-likeness (QED) is 0.587. The number of amides is 1. The van der Waals surface area contributed by atoms with Gasteiger partial charge in [0.05, 0.1) is 4.92 Å². The summed E-state index contributed by atoms with van der Waals surface area (Å²) in [4.78, 5) is 23.4. The maximum absolute atomic E-state index is 12.7. The molecule has 26 heavy (non-hydrogen) atoms. The standard InChI is InChI=1S/C21H26N2O3/c1-6-14-12-18(23(25)26)13-15(7-2)19(14)22-20(24)16-8-10-17(11-9-16)21(3,4)5/h8-13H,6-7H2,1-5H3,(H,22,24). The molecule has 2 aromatic carbocycles. The fourth-order valence-electron chi connectivity index (χ4n) is 2.88. The zero-order valence-corrected chi connectivity index (χ0v) is 16.1. The lowest BCUT2D eigenvalue weighted by molar-refractivity contribution is -0.385. The number of anilines is 1. The molecule has 0 aliphatic carbocycles. The fourth-order valence-corrected chi connectivity index (χ4v) is 2.88. The lowest BCUT2D eigenvalue weighted by atomic mass is 9.86. The van der Waals surface area contributed by atoms with E-state index >= 15 is 0 Å². The van der Waals surface area contributed by atoms with Crippen LogP contribution in [0.4, 0.5) is 11.4 Å². The summed E-state index contributed by atoms with van der Waals surface area (Å²) >= 11 is 0. The molecule has 5 heteroatoms. The van der Waals surface area contributed by atoms with Crippen molar-refractivity contribution >= 4 is 17.3 Å². The summed E-state index contributed by atoms with van der Waals surface area (Å²) in [6.07, 6.45) is 1.21. The second-order valence-corrected chi connectivity index (χ2v) is 7.38. The molecule has 0 unspecified atom stereocenters. The molecule has 2 aromatic rings. The molecule has 0 atom stereocenters. The first-order valence-electron chi connectivity index (χ1n) is 8.89. The third-order valence-corrected chi connectivity index (χ3v) is 4.51. The number of nitrogens with zero attached hydrogens (tertiary/aromatic N) is 1. The van der Waals surface area contributed by atoms with Crippen LogP contribution in [-0.4, -0.2) is 10.8 Å². The Balaban J connectivity index is 2.35. The summed E-state index contributed by atoms with van der Waals surface area (Å²) < 4.78 is 0. The van der Waals surface area contributed by atoms with E-state index < -0.39 is 4.92 Å². The molecule has 0 saturated carbocycles. The topological polar surface area (TPSA) is 72.2 Å². The summed E-state index contributed by atoms with van der Waals surface area (Å²) in [5, 5.41) is 14.1. The number of hydrogen-bond donors (Lipinski definition) is 1. The molecule has 1 amide bonds. The minimum absolute atomic E-state index is 0.0259. The number of nitro benzene ring substituents is 1. The second kappa shape index (κ2) is 7.68. The van der Waals surface area contributed by atoms with Crippen molar-refractivity contribution in [3.05, 3.63) is 68.8 Å². The zero-order valence-electron chi connectivity index (χ0n) is 16.1. The van der Waals surface area contributed by atoms with Crippen LogP contribution < -0.4 is 5.32 Å². The molecule has 0 heterocycles. The van der Waals surface area contributed by atoms with Crippen LogP contribution in [0.2, 0.25) is 0 Å². The lowest BCUT2D eigenvalue weighted by Gasteiger charge is -2.19. The molecule has 0 aromatic heterocycles. The minimum Gasteiger partial charge on any atom is -0.321 e. The molecule has 5 nitrogen and oxygen atoms in total. The average molecular weight is 354 g/mol. The summed E-state index contributed by atoms with van der Waals surface area (Å²) in [6, 6.07) is 10.6. The Morgan fingerprint density at radius 2 is 1.54 bits per heavy atom. The first kappa shape index (κ1) is 19.6. The van der Waals surface area contributed by atoms with E-state index in [0.29, 0.717) is 24.1 Å². The van der Waals surface area contributed by atoms with Gasteiger partial charge in [-0.1, -0.05) is 46.8 Å². The van der Waals surface area contributed by atoms with Crippen molar-refractivity contribution < 1.29 is 9.72 Å². The van der Waals surface area contributed by atoms with Gasteiger partial charge in [-0.25, -0.2) is 0 Å². The molecule has 0 spiro atoms. The van der Waals surface area contributed by atoms with Crippen LogP contribution in [0.15, 0.2) is 36.4 Å². The van der Waals surface area contributed by atoms with Crippen LogP contribution in [0.5, 0.6) is 0 Å². The molecular weight excluding hydrogens is 328 g/mol. The molecule has 0 aliphatic heterocycles. The van der Waals surface area contributed by atoms with Crippen molar-refractivity contribution in [2.45, 2.75) is 52.9 Å². The Hall–Kier alpha value is -2.69. The fraction of sp³-hybridized carbons (Fsp3) is 0.381. The third kappa shape index (κ3) is 4.28. The van der Waals surface area contributed by atoms with E-state index in [1.54, 1.807) is 0 Å². The van der Waals surface area contributed by atoms with E-state index in [4.69, 9.17) is 0 Å². The summed E-state index contributed by atoms with van der Waals surface area (Å²) in [7, 11) is 0. The van der Waals surface area contributed by atoms with Crippen LogP contribution >= 0.6 is 0 Å². The summed E-state index contributed by atoms with van der Waals surface area (Å²) in [5.41, 5.74) is 4.05. The number of rotatable bonds is 5. The molecule has 138 valence electrons. The van der Waals surface area contributed by atoms with Crippen LogP contribution in [0.3, 0.4) is 0 Å².